The molecule has 0 aromatic heterocycles. The van der Waals surface area contributed by atoms with Crippen molar-refractivity contribution in [1.29, 1.82) is 0 Å². The minimum atomic E-state index is -0.561. The molecule has 1 rings (SSSR count). The zero-order valence-electron chi connectivity index (χ0n) is 10.1. The van der Waals surface area contributed by atoms with Crippen LogP contribution in [0.15, 0.2) is 24.3 Å². The van der Waals surface area contributed by atoms with Gasteiger partial charge in [0.15, 0.2) is 6.29 Å². The average Bonchev–Trinajstić information content (AvgIpc) is 2.39. The van der Waals surface area contributed by atoms with E-state index in [1.165, 1.54) is 21.3 Å². The maximum Gasteiger partial charge on any atom is 0.342 e. The minimum Gasteiger partial charge on any atom is -0.496 e. The van der Waals surface area contributed by atoms with Crippen LogP contribution in [0.5, 0.6) is 5.75 Å². The summed E-state index contributed by atoms with van der Waals surface area (Å²) in [4.78, 5) is 11.7. The van der Waals surface area contributed by atoms with Gasteiger partial charge in [0.2, 0.25) is 0 Å². The maximum absolute atomic E-state index is 11.7. The Kier molecular flexibility index (Phi) is 5.45. The minimum absolute atomic E-state index is 0.0316. The van der Waals surface area contributed by atoms with E-state index < -0.39 is 12.3 Å². The number of methoxy groups -OCH3 is 3. The summed E-state index contributed by atoms with van der Waals surface area (Å²) < 4.78 is 19.9. The van der Waals surface area contributed by atoms with Gasteiger partial charge in [-0.25, -0.2) is 4.79 Å². The van der Waals surface area contributed by atoms with Gasteiger partial charge in [0.05, 0.1) is 7.11 Å². The van der Waals surface area contributed by atoms with Crippen LogP contribution in [0.1, 0.15) is 10.4 Å². The molecular formula is C12H16O5. The number of esters is 1. The van der Waals surface area contributed by atoms with Crippen LogP contribution in [0.3, 0.4) is 0 Å². The van der Waals surface area contributed by atoms with Crippen LogP contribution in [0.25, 0.3) is 0 Å². The smallest absolute Gasteiger partial charge is 0.342 e. The van der Waals surface area contributed by atoms with E-state index in [0.717, 1.165) is 0 Å². The van der Waals surface area contributed by atoms with Crippen LogP contribution in [0.4, 0.5) is 0 Å². The van der Waals surface area contributed by atoms with Crippen LogP contribution < -0.4 is 4.74 Å². The first-order chi connectivity index (χ1) is 8.22. The highest BCUT2D eigenvalue weighted by Gasteiger charge is 2.15. The Morgan fingerprint density at radius 3 is 2.41 bits per heavy atom. The molecule has 0 spiro atoms. The van der Waals surface area contributed by atoms with Crippen molar-refractivity contribution in [2.24, 2.45) is 0 Å². The van der Waals surface area contributed by atoms with Crippen molar-refractivity contribution in [2.45, 2.75) is 6.29 Å². The second-order valence-electron chi connectivity index (χ2n) is 3.20. The zero-order valence-corrected chi connectivity index (χ0v) is 10.1. The van der Waals surface area contributed by atoms with E-state index >= 15 is 0 Å². The number of ether oxygens (including phenoxy) is 4. The first-order valence-corrected chi connectivity index (χ1v) is 5.08. The standard InChI is InChI=1S/C12H16O5/c1-14-10-7-5-4-6-9(10)12(13)17-8-11(15-2)16-3/h4-7,11H,8H2,1-3H3. The fourth-order valence-corrected chi connectivity index (χ4v) is 1.27. The predicted molar refractivity (Wildman–Crippen MR) is 61.1 cm³/mol. The van der Waals surface area contributed by atoms with Crippen molar-refractivity contribution in [2.75, 3.05) is 27.9 Å². The molecule has 0 N–H and O–H groups in total. The Labute approximate surface area is 100 Å². The summed E-state index contributed by atoms with van der Waals surface area (Å²) in [5.41, 5.74) is 0.376. The molecule has 0 saturated heterocycles. The molecule has 1 aromatic rings. The van der Waals surface area contributed by atoms with Crippen LogP contribution in [0.2, 0.25) is 0 Å². The lowest BCUT2D eigenvalue weighted by molar-refractivity contribution is -0.129. The monoisotopic (exact) mass is 240 g/mol. The van der Waals surface area contributed by atoms with Gasteiger partial charge in [0, 0.05) is 14.2 Å². The summed E-state index contributed by atoms with van der Waals surface area (Å²) in [5.74, 6) is 0.00503. The molecule has 5 nitrogen and oxygen atoms in total. The summed E-state index contributed by atoms with van der Waals surface area (Å²) in [7, 11) is 4.45. The van der Waals surface area contributed by atoms with Gasteiger partial charge in [-0.15, -0.1) is 0 Å². The van der Waals surface area contributed by atoms with Crippen molar-refractivity contribution in [3.8, 4) is 5.75 Å². The molecule has 0 heterocycles. The molecule has 0 fully saturated rings. The Bertz CT molecular complexity index is 360. The molecule has 0 amide bonds. The largest absolute Gasteiger partial charge is 0.496 e. The van der Waals surface area contributed by atoms with Crippen molar-refractivity contribution in [1.82, 2.24) is 0 Å². The third kappa shape index (κ3) is 3.72. The number of hydrogen-bond donors (Lipinski definition) is 0. The summed E-state index contributed by atoms with van der Waals surface area (Å²) in [5, 5.41) is 0. The van der Waals surface area contributed by atoms with E-state index in [1.807, 2.05) is 0 Å². The number of para-hydroxylation sites is 1. The van der Waals surface area contributed by atoms with E-state index in [4.69, 9.17) is 18.9 Å². The van der Waals surface area contributed by atoms with Gasteiger partial charge >= 0.3 is 5.97 Å². The lowest BCUT2D eigenvalue weighted by Crippen LogP contribution is -2.22. The number of benzene rings is 1. The highest BCUT2D eigenvalue weighted by molar-refractivity contribution is 5.92. The molecular weight excluding hydrogens is 224 g/mol. The summed E-state index contributed by atoms with van der Waals surface area (Å²) in [6.45, 7) is 0.0316. The molecule has 0 aliphatic rings. The van der Waals surface area contributed by atoms with Gasteiger partial charge in [0.1, 0.15) is 17.9 Å². The first-order valence-electron chi connectivity index (χ1n) is 5.08. The first kappa shape index (κ1) is 13.5. The van der Waals surface area contributed by atoms with Crippen LogP contribution in [-0.2, 0) is 14.2 Å². The van der Waals surface area contributed by atoms with E-state index in [9.17, 15) is 4.79 Å². The average molecular weight is 240 g/mol. The highest BCUT2D eigenvalue weighted by Crippen LogP contribution is 2.18. The molecule has 1 aromatic carbocycles. The van der Waals surface area contributed by atoms with Crippen LogP contribution in [0, 0.1) is 0 Å². The number of carbonyl (C=O) groups excluding carboxylic acids is 1. The van der Waals surface area contributed by atoms with E-state index in [1.54, 1.807) is 24.3 Å². The second kappa shape index (κ2) is 6.88. The maximum atomic E-state index is 11.7. The summed E-state index contributed by atoms with van der Waals surface area (Å²) >= 11 is 0. The Hall–Kier alpha value is -1.59. The van der Waals surface area contributed by atoms with Gasteiger partial charge in [0.25, 0.3) is 0 Å². The number of hydrogen-bond acceptors (Lipinski definition) is 5. The van der Waals surface area contributed by atoms with Gasteiger partial charge in [-0.3, -0.25) is 0 Å². The third-order valence-electron chi connectivity index (χ3n) is 2.20. The number of rotatable bonds is 6. The number of carbonyl (C=O) groups is 1. The Balaban J connectivity index is 2.63. The lowest BCUT2D eigenvalue weighted by Gasteiger charge is -2.14. The van der Waals surface area contributed by atoms with E-state index in [2.05, 4.69) is 0 Å². The Morgan fingerprint density at radius 1 is 1.18 bits per heavy atom. The summed E-state index contributed by atoms with van der Waals surface area (Å²) in [6, 6.07) is 6.85. The topological polar surface area (TPSA) is 54.0 Å². The lowest BCUT2D eigenvalue weighted by atomic mass is 10.2. The molecule has 0 atom stereocenters. The molecule has 94 valence electrons. The highest BCUT2D eigenvalue weighted by atomic mass is 16.7. The van der Waals surface area contributed by atoms with Gasteiger partial charge < -0.3 is 18.9 Å². The Morgan fingerprint density at radius 2 is 1.82 bits per heavy atom. The van der Waals surface area contributed by atoms with Crippen molar-refractivity contribution in [3.05, 3.63) is 29.8 Å². The van der Waals surface area contributed by atoms with Gasteiger partial charge in [-0.05, 0) is 12.1 Å². The van der Waals surface area contributed by atoms with Crippen LogP contribution in [-0.4, -0.2) is 40.2 Å². The molecule has 0 aliphatic heterocycles. The molecule has 17 heavy (non-hydrogen) atoms. The second-order valence-corrected chi connectivity index (χ2v) is 3.20. The predicted octanol–water partition coefficient (Wildman–Crippen LogP) is 1.47. The SMILES string of the molecule is COc1ccccc1C(=O)OCC(OC)OC. The molecule has 0 unspecified atom stereocenters. The quantitative estimate of drug-likeness (QED) is 0.556. The van der Waals surface area contributed by atoms with Gasteiger partial charge in [-0.1, -0.05) is 12.1 Å². The van der Waals surface area contributed by atoms with Crippen LogP contribution >= 0.6 is 0 Å². The van der Waals surface area contributed by atoms with Gasteiger partial charge in [-0.2, -0.15) is 0 Å². The zero-order chi connectivity index (χ0) is 12.7. The van der Waals surface area contributed by atoms with Crippen molar-refractivity contribution >= 4 is 5.97 Å². The fourth-order valence-electron chi connectivity index (χ4n) is 1.27. The third-order valence-corrected chi connectivity index (χ3v) is 2.20. The normalized spacial score (nSPS) is 10.4. The molecule has 5 heteroatoms. The fraction of sp³-hybridized carbons (Fsp3) is 0.417. The molecule has 0 saturated carbocycles. The van der Waals surface area contributed by atoms with Crippen molar-refractivity contribution < 1.29 is 23.7 Å². The summed E-state index contributed by atoms with van der Waals surface area (Å²) in [6.07, 6.45) is -0.561. The van der Waals surface area contributed by atoms with Crippen molar-refractivity contribution in [3.63, 3.8) is 0 Å². The molecule has 0 aliphatic carbocycles. The van der Waals surface area contributed by atoms with E-state index in [0.29, 0.717) is 11.3 Å². The molecule has 0 radical (unpaired) electrons. The molecule has 0 bridgehead atoms. The van der Waals surface area contributed by atoms with E-state index in [-0.39, 0.29) is 6.61 Å².